The zero-order valence-corrected chi connectivity index (χ0v) is 11.2. The normalized spacial score (nSPS) is 19.4. The third-order valence-electron chi connectivity index (χ3n) is 2.83. The number of carbonyl (C=O) groups excluding carboxylic acids is 2. The summed E-state index contributed by atoms with van der Waals surface area (Å²) in [5, 5.41) is 11.1. The molecule has 1 saturated heterocycles. The number of amides is 2. The van der Waals surface area contributed by atoms with Gasteiger partial charge < -0.3 is 4.90 Å². The molecule has 1 heterocycles. The first-order valence-electron chi connectivity index (χ1n) is 5.33. The van der Waals surface area contributed by atoms with Crippen molar-refractivity contribution in [3.05, 3.63) is 28.2 Å². The number of nitrogens with one attached hydrogen (secondary N) is 1. The molecular weight excluding hydrogens is 298 g/mol. The molecule has 1 atom stereocenters. The molecule has 0 aliphatic carbocycles. The van der Waals surface area contributed by atoms with E-state index in [1.807, 2.05) is 6.07 Å². The first-order valence-corrected chi connectivity index (χ1v) is 6.12. The van der Waals surface area contributed by atoms with Crippen LogP contribution in [0.5, 0.6) is 0 Å². The van der Waals surface area contributed by atoms with Gasteiger partial charge >= 0.3 is 0 Å². The van der Waals surface area contributed by atoms with Crippen molar-refractivity contribution in [2.75, 3.05) is 11.4 Å². The predicted octanol–water partition coefficient (Wildman–Crippen LogP) is 1.17. The number of imide groups is 1. The van der Waals surface area contributed by atoms with Gasteiger partial charge in [0.15, 0.2) is 0 Å². The van der Waals surface area contributed by atoms with Crippen LogP contribution in [0.3, 0.4) is 0 Å². The lowest BCUT2D eigenvalue weighted by atomic mass is 10.1. The Kier molecular flexibility index (Phi) is 3.34. The smallest absolute Gasteiger partial charge is 0.249 e. The summed E-state index contributed by atoms with van der Waals surface area (Å²) in [6.07, 6.45) is 0. The number of rotatable bonds is 1. The summed E-state index contributed by atoms with van der Waals surface area (Å²) < 4.78 is 0.646. The highest BCUT2D eigenvalue weighted by Crippen LogP contribution is 2.25. The maximum Gasteiger partial charge on any atom is 0.249 e. The highest BCUT2D eigenvalue weighted by Gasteiger charge is 2.30. The standard InChI is InChI=1S/C12H10BrN3O2/c1-7-12(18)15-11(17)6-16(7)9-3-2-8(5-14)10(13)4-9/h2-4,7H,6H2,1H3,(H,15,17,18). The SMILES string of the molecule is CC1C(=O)NC(=O)CN1c1ccc(C#N)c(Br)c1. The van der Waals surface area contributed by atoms with Crippen LogP contribution in [0.1, 0.15) is 12.5 Å². The average Bonchev–Trinajstić information content (AvgIpc) is 2.33. The molecule has 1 aromatic carbocycles. The van der Waals surface area contributed by atoms with Crippen LogP contribution in [-0.2, 0) is 9.59 Å². The Hall–Kier alpha value is -1.87. The first-order chi connectivity index (χ1) is 8.52. The topological polar surface area (TPSA) is 73.2 Å². The minimum atomic E-state index is -0.414. The minimum absolute atomic E-state index is 0.130. The molecule has 0 radical (unpaired) electrons. The molecule has 0 aromatic heterocycles. The summed E-state index contributed by atoms with van der Waals surface area (Å²) in [5.74, 6) is -0.634. The van der Waals surface area contributed by atoms with Crippen LogP contribution in [0.2, 0.25) is 0 Å². The number of nitriles is 1. The van der Waals surface area contributed by atoms with Gasteiger partial charge in [0.25, 0.3) is 0 Å². The van der Waals surface area contributed by atoms with Crippen LogP contribution in [-0.4, -0.2) is 24.4 Å². The number of halogens is 1. The number of nitrogens with zero attached hydrogens (tertiary/aromatic N) is 2. The van der Waals surface area contributed by atoms with Crippen LogP contribution in [0.15, 0.2) is 22.7 Å². The van der Waals surface area contributed by atoms with E-state index in [1.54, 1.807) is 30.0 Å². The number of benzene rings is 1. The van der Waals surface area contributed by atoms with Crippen LogP contribution in [0.4, 0.5) is 5.69 Å². The van der Waals surface area contributed by atoms with Gasteiger partial charge in [0.2, 0.25) is 11.8 Å². The zero-order chi connectivity index (χ0) is 13.3. The van der Waals surface area contributed by atoms with Crippen LogP contribution in [0, 0.1) is 11.3 Å². The lowest BCUT2D eigenvalue weighted by Crippen LogP contribution is -2.57. The fraction of sp³-hybridized carbons (Fsp3) is 0.250. The Morgan fingerprint density at radius 1 is 1.50 bits per heavy atom. The second kappa shape index (κ2) is 4.78. The van der Waals surface area contributed by atoms with Gasteiger partial charge in [-0.2, -0.15) is 5.26 Å². The number of anilines is 1. The fourth-order valence-corrected chi connectivity index (χ4v) is 2.26. The Morgan fingerprint density at radius 2 is 2.22 bits per heavy atom. The molecule has 2 amide bonds. The second-order valence-corrected chi connectivity index (χ2v) is 4.85. The van der Waals surface area contributed by atoms with Gasteiger partial charge in [0, 0.05) is 10.2 Å². The van der Waals surface area contributed by atoms with Crippen molar-refractivity contribution >= 4 is 33.4 Å². The van der Waals surface area contributed by atoms with Gasteiger partial charge in [0.05, 0.1) is 12.1 Å². The van der Waals surface area contributed by atoms with Crippen molar-refractivity contribution in [3.8, 4) is 6.07 Å². The molecule has 92 valence electrons. The molecule has 18 heavy (non-hydrogen) atoms. The van der Waals surface area contributed by atoms with Crippen molar-refractivity contribution in [1.82, 2.24) is 5.32 Å². The van der Waals surface area contributed by atoms with E-state index in [2.05, 4.69) is 21.2 Å². The largest absolute Gasteiger partial charge is 0.350 e. The van der Waals surface area contributed by atoms with E-state index in [0.717, 1.165) is 5.69 Å². The van der Waals surface area contributed by atoms with Gasteiger partial charge in [-0.05, 0) is 41.1 Å². The average molecular weight is 308 g/mol. The molecule has 0 bridgehead atoms. The third kappa shape index (κ3) is 2.22. The number of hydrogen-bond acceptors (Lipinski definition) is 4. The first kappa shape index (κ1) is 12.6. The molecule has 1 unspecified atom stereocenters. The Labute approximate surface area is 113 Å². The molecule has 0 spiro atoms. The highest BCUT2D eigenvalue weighted by atomic mass is 79.9. The Balaban J connectivity index is 2.36. The summed E-state index contributed by atoms with van der Waals surface area (Å²) in [6.45, 7) is 1.86. The molecule has 1 aliphatic rings. The van der Waals surface area contributed by atoms with Crippen molar-refractivity contribution in [1.29, 1.82) is 5.26 Å². The maximum atomic E-state index is 11.6. The van der Waals surface area contributed by atoms with Gasteiger partial charge in [-0.15, -0.1) is 0 Å². The van der Waals surface area contributed by atoms with E-state index in [0.29, 0.717) is 10.0 Å². The lowest BCUT2D eigenvalue weighted by Gasteiger charge is -2.33. The molecular formula is C12H10BrN3O2. The van der Waals surface area contributed by atoms with Gasteiger partial charge in [-0.1, -0.05) is 0 Å². The van der Waals surface area contributed by atoms with E-state index >= 15 is 0 Å². The summed E-state index contributed by atoms with van der Waals surface area (Å²) in [5.41, 5.74) is 1.25. The molecule has 1 aliphatic heterocycles. The van der Waals surface area contributed by atoms with Crippen molar-refractivity contribution in [2.24, 2.45) is 0 Å². The van der Waals surface area contributed by atoms with Crippen LogP contribution in [0.25, 0.3) is 0 Å². The monoisotopic (exact) mass is 307 g/mol. The maximum absolute atomic E-state index is 11.6. The molecule has 1 N–H and O–H groups in total. The van der Waals surface area contributed by atoms with E-state index in [4.69, 9.17) is 5.26 Å². The molecule has 6 heteroatoms. The van der Waals surface area contributed by atoms with Gasteiger partial charge in [0.1, 0.15) is 12.1 Å². The van der Waals surface area contributed by atoms with Crippen molar-refractivity contribution in [2.45, 2.75) is 13.0 Å². The number of piperazine rings is 1. The lowest BCUT2D eigenvalue weighted by molar-refractivity contribution is -0.132. The Bertz CT molecular complexity index is 565. The van der Waals surface area contributed by atoms with E-state index in [9.17, 15) is 9.59 Å². The summed E-state index contributed by atoms with van der Waals surface area (Å²) in [7, 11) is 0. The van der Waals surface area contributed by atoms with E-state index < -0.39 is 6.04 Å². The van der Waals surface area contributed by atoms with E-state index in [1.165, 1.54) is 0 Å². The van der Waals surface area contributed by atoms with Gasteiger partial charge in [-0.3, -0.25) is 14.9 Å². The predicted molar refractivity (Wildman–Crippen MR) is 68.8 cm³/mol. The van der Waals surface area contributed by atoms with Crippen molar-refractivity contribution < 1.29 is 9.59 Å². The summed E-state index contributed by atoms with van der Waals surface area (Å²) in [4.78, 5) is 24.6. The number of carbonyl (C=O) groups is 2. The quantitative estimate of drug-likeness (QED) is 0.791. The van der Waals surface area contributed by atoms with Crippen molar-refractivity contribution in [3.63, 3.8) is 0 Å². The zero-order valence-electron chi connectivity index (χ0n) is 9.61. The van der Waals surface area contributed by atoms with Gasteiger partial charge in [-0.25, -0.2) is 0 Å². The van der Waals surface area contributed by atoms with Crippen LogP contribution < -0.4 is 10.2 Å². The summed E-state index contributed by atoms with van der Waals surface area (Å²) >= 11 is 3.29. The fourth-order valence-electron chi connectivity index (χ4n) is 1.80. The second-order valence-electron chi connectivity index (χ2n) is 3.99. The highest BCUT2D eigenvalue weighted by molar-refractivity contribution is 9.10. The van der Waals surface area contributed by atoms with Crippen LogP contribution >= 0.6 is 15.9 Å². The molecule has 1 aromatic rings. The van der Waals surface area contributed by atoms with E-state index in [-0.39, 0.29) is 18.4 Å². The molecule has 0 saturated carbocycles. The molecule has 5 nitrogen and oxygen atoms in total. The molecule has 1 fully saturated rings. The Morgan fingerprint density at radius 3 is 2.83 bits per heavy atom. The summed E-state index contributed by atoms with van der Waals surface area (Å²) in [6, 6.07) is 6.75. The number of hydrogen-bond donors (Lipinski definition) is 1. The third-order valence-corrected chi connectivity index (χ3v) is 3.48. The minimum Gasteiger partial charge on any atom is -0.350 e. The molecule has 2 rings (SSSR count).